The molecule has 0 spiro atoms. The fourth-order valence-electron chi connectivity index (χ4n) is 3.41. The molecule has 1 heterocycles. The predicted molar refractivity (Wildman–Crippen MR) is 139 cm³/mol. The molecule has 6 nitrogen and oxygen atoms in total. The van der Waals surface area contributed by atoms with Gasteiger partial charge < -0.3 is 14.8 Å². The van der Waals surface area contributed by atoms with Crippen LogP contribution in [0.25, 0.3) is 6.08 Å². The number of ether oxygens (including phenoxy) is 2. The molecule has 1 saturated heterocycles. The summed E-state index contributed by atoms with van der Waals surface area (Å²) in [6.07, 6.45) is 1.51. The van der Waals surface area contributed by atoms with Crippen LogP contribution in [0.5, 0.6) is 11.5 Å². The third-order valence-electron chi connectivity index (χ3n) is 4.97. The average Bonchev–Trinajstić information content (AvgIpc) is 3.07. The molecule has 1 aliphatic heterocycles. The van der Waals surface area contributed by atoms with Crippen LogP contribution in [0.1, 0.15) is 18.1 Å². The zero-order chi connectivity index (χ0) is 25.1. The highest BCUT2D eigenvalue weighted by molar-refractivity contribution is 6.35. The molecule has 0 atom stereocenters. The number of hydrogen-bond donors (Lipinski definition) is 1. The standard InChI is InChI=1S/C25H18Cl4N2O4/c1-2-34-22-10-14(8-20(29)23(22)35-13-15-6-7-17(27)12-19(15)28)9-21-24(32)31(25(33)30-21)18-5-3-4-16(26)11-18/h3-12H,2,13H2,1H3,(H,30,33)/b21-9+. The van der Waals surface area contributed by atoms with Gasteiger partial charge in [-0.15, -0.1) is 0 Å². The molecule has 3 aromatic rings. The molecule has 0 bridgehead atoms. The fraction of sp³-hybridized carbons (Fsp3) is 0.120. The molecule has 180 valence electrons. The molecule has 0 saturated carbocycles. The maximum atomic E-state index is 12.9. The first-order valence-electron chi connectivity index (χ1n) is 10.4. The Morgan fingerprint density at radius 2 is 1.69 bits per heavy atom. The van der Waals surface area contributed by atoms with Crippen molar-refractivity contribution < 1.29 is 19.1 Å². The molecule has 0 aliphatic carbocycles. The number of rotatable bonds is 7. The number of nitrogens with one attached hydrogen (secondary N) is 1. The van der Waals surface area contributed by atoms with Crippen LogP contribution in [-0.2, 0) is 11.4 Å². The van der Waals surface area contributed by atoms with Gasteiger partial charge >= 0.3 is 6.03 Å². The summed E-state index contributed by atoms with van der Waals surface area (Å²) in [5, 5.41) is 4.23. The summed E-state index contributed by atoms with van der Waals surface area (Å²) >= 11 is 24.7. The lowest BCUT2D eigenvalue weighted by atomic mass is 10.1. The van der Waals surface area contributed by atoms with E-state index in [1.54, 1.807) is 48.5 Å². The molecule has 3 aromatic carbocycles. The lowest BCUT2D eigenvalue weighted by Gasteiger charge is -2.15. The van der Waals surface area contributed by atoms with Gasteiger partial charge in [-0.1, -0.05) is 58.5 Å². The van der Waals surface area contributed by atoms with Gasteiger partial charge in [-0.3, -0.25) is 4.79 Å². The second-order valence-electron chi connectivity index (χ2n) is 7.40. The zero-order valence-corrected chi connectivity index (χ0v) is 21.3. The number of halogens is 4. The van der Waals surface area contributed by atoms with E-state index < -0.39 is 11.9 Å². The maximum absolute atomic E-state index is 12.9. The van der Waals surface area contributed by atoms with Crippen molar-refractivity contribution in [2.24, 2.45) is 0 Å². The largest absolute Gasteiger partial charge is 0.490 e. The first-order chi connectivity index (χ1) is 16.8. The Hall–Kier alpha value is -2.90. The van der Waals surface area contributed by atoms with Crippen molar-refractivity contribution >= 4 is 70.1 Å². The Balaban J connectivity index is 1.61. The fourth-order valence-corrected chi connectivity index (χ4v) is 4.34. The number of benzene rings is 3. The Morgan fingerprint density at radius 3 is 2.40 bits per heavy atom. The van der Waals surface area contributed by atoms with Gasteiger partial charge in [0.25, 0.3) is 5.91 Å². The minimum Gasteiger partial charge on any atom is -0.490 e. The number of anilines is 1. The Bertz CT molecular complexity index is 1340. The van der Waals surface area contributed by atoms with E-state index in [9.17, 15) is 9.59 Å². The van der Waals surface area contributed by atoms with Gasteiger partial charge in [0.1, 0.15) is 12.3 Å². The van der Waals surface area contributed by atoms with Gasteiger partial charge in [0, 0.05) is 20.6 Å². The van der Waals surface area contributed by atoms with Crippen LogP contribution in [0.4, 0.5) is 10.5 Å². The maximum Gasteiger partial charge on any atom is 0.333 e. The number of carbonyl (C=O) groups excluding carboxylic acids is 2. The number of urea groups is 1. The second kappa shape index (κ2) is 10.8. The lowest BCUT2D eigenvalue weighted by Crippen LogP contribution is -2.30. The SMILES string of the molecule is CCOc1cc(/C=C2/NC(=O)N(c3cccc(Cl)c3)C2=O)cc(Cl)c1OCc1ccc(Cl)cc1Cl. The quantitative estimate of drug-likeness (QED) is 0.246. The summed E-state index contributed by atoms with van der Waals surface area (Å²) in [7, 11) is 0. The number of hydrogen-bond acceptors (Lipinski definition) is 4. The van der Waals surface area contributed by atoms with Crippen LogP contribution in [0.2, 0.25) is 20.1 Å². The van der Waals surface area contributed by atoms with Crippen molar-refractivity contribution in [3.05, 3.63) is 91.5 Å². The van der Waals surface area contributed by atoms with Gasteiger partial charge in [0.05, 0.1) is 17.3 Å². The summed E-state index contributed by atoms with van der Waals surface area (Å²) in [5.41, 5.74) is 1.70. The summed E-state index contributed by atoms with van der Waals surface area (Å²) in [6, 6.07) is 14.3. The van der Waals surface area contributed by atoms with Crippen molar-refractivity contribution in [3.8, 4) is 11.5 Å². The predicted octanol–water partition coefficient (Wildman–Crippen LogP) is 7.38. The van der Waals surface area contributed by atoms with Crippen molar-refractivity contribution in [1.29, 1.82) is 0 Å². The van der Waals surface area contributed by atoms with Crippen LogP contribution in [0.15, 0.2) is 60.3 Å². The van der Waals surface area contributed by atoms with Gasteiger partial charge in [0.2, 0.25) is 0 Å². The van der Waals surface area contributed by atoms with E-state index in [1.807, 2.05) is 6.92 Å². The van der Waals surface area contributed by atoms with Crippen LogP contribution in [0.3, 0.4) is 0 Å². The van der Waals surface area contributed by atoms with Crippen molar-refractivity contribution in [2.75, 3.05) is 11.5 Å². The molecule has 10 heteroatoms. The smallest absolute Gasteiger partial charge is 0.333 e. The van der Waals surface area contributed by atoms with E-state index in [2.05, 4.69) is 5.32 Å². The number of carbonyl (C=O) groups is 2. The summed E-state index contributed by atoms with van der Waals surface area (Å²) < 4.78 is 11.6. The van der Waals surface area contributed by atoms with Crippen molar-refractivity contribution in [1.82, 2.24) is 5.32 Å². The molecule has 0 radical (unpaired) electrons. The van der Waals surface area contributed by atoms with Crippen LogP contribution >= 0.6 is 46.4 Å². The Morgan fingerprint density at radius 1 is 0.914 bits per heavy atom. The highest BCUT2D eigenvalue weighted by atomic mass is 35.5. The number of amides is 3. The molecule has 1 N–H and O–H groups in total. The molecular weight excluding hydrogens is 534 g/mol. The zero-order valence-electron chi connectivity index (χ0n) is 18.3. The summed E-state index contributed by atoms with van der Waals surface area (Å²) in [6.45, 7) is 2.31. The van der Waals surface area contributed by atoms with Gasteiger partial charge in [-0.05, 0) is 61.0 Å². The minimum absolute atomic E-state index is 0.0788. The first-order valence-corrected chi connectivity index (χ1v) is 11.9. The normalized spacial score (nSPS) is 14.4. The van der Waals surface area contributed by atoms with Gasteiger partial charge in [-0.25, -0.2) is 9.69 Å². The number of imide groups is 1. The molecule has 35 heavy (non-hydrogen) atoms. The monoisotopic (exact) mass is 550 g/mol. The first kappa shape index (κ1) is 25.2. The highest BCUT2D eigenvalue weighted by Gasteiger charge is 2.35. The van der Waals surface area contributed by atoms with Gasteiger partial charge in [0.15, 0.2) is 11.5 Å². The van der Waals surface area contributed by atoms with E-state index in [0.717, 1.165) is 10.5 Å². The third-order valence-corrected chi connectivity index (χ3v) is 6.08. The molecule has 3 amide bonds. The minimum atomic E-state index is -0.584. The van der Waals surface area contributed by atoms with Crippen LogP contribution in [-0.4, -0.2) is 18.5 Å². The molecular formula is C25H18Cl4N2O4. The Labute approximate surface area is 221 Å². The molecule has 4 rings (SSSR count). The lowest BCUT2D eigenvalue weighted by molar-refractivity contribution is -0.113. The summed E-state index contributed by atoms with van der Waals surface area (Å²) in [4.78, 5) is 26.4. The van der Waals surface area contributed by atoms with E-state index in [0.29, 0.717) is 44.4 Å². The Kier molecular flexibility index (Phi) is 7.77. The van der Waals surface area contributed by atoms with Gasteiger partial charge in [-0.2, -0.15) is 0 Å². The second-order valence-corrected chi connectivity index (χ2v) is 9.08. The highest BCUT2D eigenvalue weighted by Crippen LogP contribution is 2.38. The molecule has 1 fully saturated rings. The van der Waals surface area contributed by atoms with Crippen LogP contribution < -0.4 is 19.7 Å². The number of nitrogens with zero attached hydrogens (tertiary/aromatic N) is 1. The van der Waals surface area contributed by atoms with Crippen molar-refractivity contribution in [3.63, 3.8) is 0 Å². The molecule has 0 aromatic heterocycles. The van der Waals surface area contributed by atoms with E-state index >= 15 is 0 Å². The van der Waals surface area contributed by atoms with E-state index in [-0.39, 0.29) is 17.3 Å². The topological polar surface area (TPSA) is 67.9 Å². The third kappa shape index (κ3) is 5.68. The molecule has 1 aliphatic rings. The van der Waals surface area contributed by atoms with Crippen molar-refractivity contribution in [2.45, 2.75) is 13.5 Å². The molecule has 0 unspecified atom stereocenters. The average molecular weight is 552 g/mol. The van der Waals surface area contributed by atoms with E-state index in [4.69, 9.17) is 55.9 Å². The van der Waals surface area contributed by atoms with E-state index in [1.165, 1.54) is 12.1 Å². The summed E-state index contributed by atoms with van der Waals surface area (Å²) in [5.74, 6) is 0.175. The van der Waals surface area contributed by atoms with Crippen LogP contribution in [0, 0.1) is 0 Å².